The molecule has 2 nitrogen and oxygen atoms in total. The molecule has 0 aromatic carbocycles. The van der Waals surface area contributed by atoms with Gasteiger partial charge in [0.25, 0.3) is 0 Å². The average Bonchev–Trinajstić information content (AvgIpc) is 2.76. The van der Waals surface area contributed by atoms with Crippen molar-refractivity contribution in [3.63, 3.8) is 0 Å². The summed E-state index contributed by atoms with van der Waals surface area (Å²) in [7, 11) is 0. The molecule has 0 saturated carbocycles. The van der Waals surface area contributed by atoms with E-state index < -0.39 is 0 Å². The van der Waals surface area contributed by atoms with E-state index in [1.54, 1.807) is 0 Å². The van der Waals surface area contributed by atoms with E-state index in [9.17, 15) is 0 Å². The summed E-state index contributed by atoms with van der Waals surface area (Å²) >= 11 is 6.12. The molecule has 2 aliphatic heterocycles. The van der Waals surface area contributed by atoms with Crippen LogP contribution in [0.15, 0.2) is 4.99 Å². The maximum Gasteiger partial charge on any atom is 0.156 e. The number of aliphatic imine (C=N–C) groups is 1. The zero-order chi connectivity index (χ0) is 11.4. The van der Waals surface area contributed by atoms with Gasteiger partial charge in [0, 0.05) is 34.3 Å². The molecule has 1 N–H and O–H groups in total. The quantitative estimate of drug-likeness (QED) is 0.856. The van der Waals surface area contributed by atoms with E-state index in [1.165, 1.54) is 22.4 Å². The molecule has 0 aromatic heterocycles. The van der Waals surface area contributed by atoms with Crippen LogP contribution in [0.3, 0.4) is 0 Å². The zero-order valence-electron chi connectivity index (χ0n) is 9.94. The predicted octanol–water partition coefficient (Wildman–Crippen LogP) is 2.55. The number of hydrogen-bond acceptors (Lipinski definition) is 5. The molecule has 0 aliphatic carbocycles. The maximum atomic E-state index is 4.58. The van der Waals surface area contributed by atoms with Crippen LogP contribution in [0.25, 0.3) is 0 Å². The van der Waals surface area contributed by atoms with Gasteiger partial charge in [-0.3, -0.25) is 4.99 Å². The van der Waals surface area contributed by atoms with Gasteiger partial charge in [-0.15, -0.1) is 0 Å². The van der Waals surface area contributed by atoms with Crippen molar-refractivity contribution in [2.24, 2.45) is 10.9 Å². The molecular formula is C11H20N2S3. The van der Waals surface area contributed by atoms with Gasteiger partial charge in [0.2, 0.25) is 0 Å². The third-order valence-corrected chi connectivity index (χ3v) is 7.13. The highest BCUT2D eigenvalue weighted by Crippen LogP contribution is 2.27. The number of thioether (sulfide) groups is 3. The van der Waals surface area contributed by atoms with Crippen LogP contribution in [-0.2, 0) is 0 Å². The third kappa shape index (κ3) is 3.77. The zero-order valence-corrected chi connectivity index (χ0v) is 12.4. The lowest BCUT2D eigenvalue weighted by Gasteiger charge is -2.21. The van der Waals surface area contributed by atoms with E-state index >= 15 is 0 Å². The van der Waals surface area contributed by atoms with E-state index in [0.717, 1.165) is 24.3 Å². The molecular weight excluding hydrogens is 256 g/mol. The van der Waals surface area contributed by atoms with Crippen LogP contribution < -0.4 is 5.32 Å². The van der Waals surface area contributed by atoms with Crippen LogP contribution >= 0.6 is 35.3 Å². The predicted molar refractivity (Wildman–Crippen MR) is 80.1 cm³/mol. The van der Waals surface area contributed by atoms with Gasteiger partial charge in [-0.05, 0) is 5.92 Å². The van der Waals surface area contributed by atoms with Crippen molar-refractivity contribution in [1.82, 2.24) is 5.32 Å². The summed E-state index contributed by atoms with van der Waals surface area (Å²) in [5.41, 5.74) is 0. The van der Waals surface area contributed by atoms with Crippen LogP contribution in [0.4, 0.5) is 0 Å². The Labute approximate surface area is 111 Å². The first-order valence-corrected chi connectivity index (χ1v) is 8.98. The normalized spacial score (nSPS) is 30.6. The molecule has 0 spiro atoms. The second-order valence-electron chi connectivity index (χ2n) is 4.49. The van der Waals surface area contributed by atoms with Crippen molar-refractivity contribution in [3.05, 3.63) is 0 Å². The van der Waals surface area contributed by atoms with Crippen LogP contribution in [0.2, 0.25) is 0 Å². The van der Waals surface area contributed by atoms with Crippen molar-refractivity contribution in [1.29, 1.82) is 0 Å². The Hall–Kier alpha value is 0.520. The highest BCUT2D eigenvalue weighted by molar-refractivity contribution is 8.14. The van der Waals surface area contributed by atoms with Crippen LogP contribution in [0.1, 0.15) is 13.8 Å². The van der Waals surface area contributed by atoms with E-state index in [4.69, 9.17) is 0 Å². The fourth-order valence-electron chi connectivity index (χ4n) is 1.69. The average molecular weight is 276 g/mol. The fourth-order valence-corrected chi connectivity index (χ4v) is 5.33. The lowest BCUT2D eigenvalue weighted by Crippen LogP contribution is -2.31. The number of nitrogens with zero attached hydrogens (tertiary/aromatic N) is 1. The smallest absolute Gasteiger partial charge is 0.156 e. The molecule has 1 fully saturated rings. The first kappa shape index (κ1) is 13.0. The van der Waals surface area contributed by atoms with E-state index in [-0.39, 0.29) is 0 Å². The molecule has 0 amide bonds. The Morgan fingerprint density at radius 1 is 1.44 bits per heavy atom. The molecule has 0 radical (unpaired) electrons. The minimum Gasteiger partial charge on any atom is -0.364 e. The monoisotopic (exact) mass is 276 g/mol. The number of nitrogens with one attached hydrogen (secondary N) is 1. The highest BCUT2D eigenvalue weighted by Gasteiger charge is 2.23. The summed E-state index contributed by atoms with van der Waals surface area (Å²) in [6, 6.07) is 0. The third-order valence-electron chi connectivity index (χ3n) is 2.79. The van der Waals surface area contributed by atoms with Crippen LogP contribution in [0, 0.1) is 5.92 Å². The van der Waals surface area contributed by atoms with Gasteiger partial charge in [0.15, 0.2) is 5.17 Å². The minimum absolute atomic E-state index is 0.691. The van der Waals surface area contributed by atoms with Gasteiger partial charge in [0.1, 0.15) is 0 Å². The molecule has 16 heavy (non-hydrogen) atoms. The van der Waals surface area contributed by atoms with Gasteiger partial charge >= 0.3 is 0 Å². The largest absolute Gasteiger partial charge is 0.364 e. The Balaban J connectivity index is 1.67. The molecule has 2 heterocycles. The molecule has 2 rings (SSSR count). The van der Waals surface area contributed by atoms with Gasteiger partial charge in [-0.1, -0.05) is 25.6 Å². The summed E-state index contributed by atoms with van der Waals surface area (Å²) in [6.07, 6.45) is 0. The number of amidine groups is 1. The molecule has 0 bridgehead atoms. The maximum absolute atomic E-state index is 4.58. The molecule has 2 atom stereocenters. The van der Waals surface area contributed by atoms with Crippen molar-refractivity contribution in [2.45, 2.75) is 24.3 Å². The Kier molecular flexibility index (Phi) is 5.23. The van der Waals surface area contributed by atoms with Gasteiger partial charge in [-0.25, -0.2) is 0 Å². The van der Waals surface area contributed by atoms with Gasteiger partial charge < -0.3 is 5.32 Å². The van der Waals surface area contributed by atoms with Crippen molar-refractivity contribution < 1.29 is 0 Å². The molecule has 2 aliphatic rings. The van der Waals surface area contributed by atoms with Crippen molar-refractivity contribution >= 4 is 40.5 Å². The first-order valence-electron chi connectivity index (χ1n) is 5.90. The second-order valence-corrected chi connectivity index (χ2v) is 8.28. The lowest BCUT2D eigenvalue weighted by atomic mass is 10.1. The van der Waals surface area contributed by atoms with Crippen molar-refractivity contribution in [2.75, 3.05) is 30.3 Å². The Bertz CT molecular complexity index is 250. The molecule has 5 heteroatoms. The topological polar surface area (TPSA) is 24.4 Å². The van der Waals surface area contributed by atoms with E-state index in [2.05, 4.69) is 47.7 Å². The van der Waals surface area contributed by atoms with Crippen LogP contribution in [0.5, 0.6) is 0 Å². The van der Waals surface area contributed by atoms with Gasteiger partial charge in [0.05, 0.1) is 6.54 Å². The minimum atomic E-state index is 0.691. The van der Waals surface area contributed by atoms with Crippen molar-refractivity contribution in [3.8, 4) is 0 Å². The summed E-state index contributed by atoms with van der Waals surface area (Å²) in [5, 5.41) is 6.16. The van der Waals surface area contributed by atoms with E-state index in [1.807, 2.05) is 11.8 Å². The van der Waals surface area contributed by atoms with Crippen LogP contribution in [-0.4, -0.2) is 46.0 Å². The second kappa shape index (κ2) is 6.45. The fraction of sp³-hybridized carbons (Fsp3) is 0.909. The summed E-state index contributed by atoms with van der Waals surface area (Å²) in [6.45, 7) is 6.65. The molecule has 0 aromatic rings. The molecule has 2 unspecified atom stereocenters. The molecule has 1 saturated heterocycles. The van der Waals surface area contributed by atoms with E-state index in [0.29, 0.717) is 5.25 Å². The Morgan fingerprint density at radius 3 is 2.94 bits per heavy atom. The number of rotatable bonds is 3. The first-order chi connectivity index (χ1) is 7.75. The summed E-state index contributed by atoms with van der Waals surface area (Å²) < 4.78 is 0. The standard InChI is InChI=1S/C11H20N2S3/c1-8(2)10-6-13-11(16-10)12-5-9-7-14-3-4-15-9/h8-10H,3-7H2,1-2H3,(H,12,13). The highest BCUT2D eigenvalue weighted by atomic mass is 32.2. The van der Waals surface area contributed by atoms with Gasteiger partial charge in [-0.2, -0.15) is 23.5 Å². The summed E-state index contributed by atoms with van der Waals surface area (Å²) in [5.74, 6) is 4.66. The SMILES string of the molecule is CC(C)C1CN=C(NCC2CSCCS2)S1. The Morgan fingerprint density at radius 2 is 2.31 bits per heavy atom. The number of hydrogen-bond donors (Lipinski definition) is 1. The lowest BCUT2D eigenvalue weighted by molar-refractivity contribution is 0.621. The molecule has 92 valence electrons. The summed E-state index contributed by atoms with van der Waals surface area (Å²) in [4.78, 5) is 4.58.